The number of anilines is 1. The molecule has 2 amide bonds. The van der Waals surface area contributed by atoms with Gasteiger partial charge >= 0.3 is 5.97 Å². The van der Waals surface area contributed by atoms with Crippen molar-refractivity contribution in [1.29, 1.82) is 0 Å². The highest BCUT2D eigenvalue weighted by atomic mass is 16.6. The highest BCUT2D eigenvalue weighted by Gasteiger charge is 2.78. The van der Waals surface area contributed by atoms with Crippen LogP contribution >= 0.6 is 0 Å². The lowest BCUT2D eigenvalue weighted by atomic mass is 9.66. The van der Waals surface area contributed by atoms with Crippen LogP contribution in [0.1, 0.15) is 50.7 Å². The first-order valence-electron chi connectivity index (χ1n) is 11.8. The molecule has 180 valence electrons. The Balaban J connectivity index is 1.72. The van der Waals surface area contributed by atoms with Gasteiger partial charge in [0.2, 0.25) is 11.8 Å². The van der Waals surface area contributed by atoms with Crippen molar-refractivity contribution in [2.24, 2.45) is 11.8 Å². The number of aryl methyl sites for hydroxylation is 2. The fraction of sp³-hybridized carbons (Fsp3) is 0.640. The first-order chi connectivity index (χ1) is 15.7. The SMILES string of the molecule is CCOC(=O)[C@@H]1[C@H]2C(=O)N(CCCCO)C(C(=O)Nc3cc(C)ccc3C)C23CC[C@@]1(C)O3. The molecule has 0 aromatic heterocycles. The Bertz CT molecular complexity index is 964. The summed E-state index contributed by atoms with van der Waals surface area (Å²) in [6.07, 6.45) is 2.18. The van der Waals surface area contributed by atoms with Gasteiger partial charge in [0.15, 0.2) is 0 Å². The highest BCUT2D eigenvalue weighted by molar-refractivity contribution is 6.03. The third-order valence-corrected chi connectivity index (χ3v) is 7.52. The number of hydrogen-bond donors (Lipinski definition) is 2. The monoisotopic (exact) mass is 458 g/mol. The lowest BCUT2D eigenvalue weighted by Gasteiger charge is -2.33. The van der Waals surface area contributed by atoms with Gasteiger partial charge in [-0.2, -0.15) is 0 Å². The molecule has 3 aliphatic heterocycles. The molecule has 3 saturated heterocycles. The Kier molecular flexibility index (Phi) is 6.26. The number of rotatable bonds is 8. The van der Waals surface area contributed by atoms with Gasteiger partial charge in [-0.3, -0.25) is 14.4 Å². The Morgan fingerprint density at radius 3 is 2.73 bits per heavy atom. The van der Waals surface area contributed by atoms with Crippen LogP contribution in [0.5, 0.6) is 0 Å². The van der Waals surface area contributed by atoms with E-state index in [2.05, 4.69) is 5.32 Å². The summed E-state index contributed by atoms with van der Waals surface area (Å²) >= 11 is 0. The number of carbonyl (C=O) groups excluding carboxylic acids is 3. The summed E-state index contributed by atoms with van der Waals surface area (Å²) in [5.41, 5.74) is 0.740. The lowest BCUT2D eigenvalue weighted by molar-refractivity contribution is -0.158. The van der Waals surface area contributed by atoms with Gasteiger partial charge in [-0.05, 0) is 70.6 Å². The Labute approximate surface area is 194 Å². The van der Waals surface area contributed by atoms with E-state index < -0.39 is 35.0 Å². The van der Waals surface area contributed by atoms with Crippen LogP contribution in [0.25, 0.3) is 0 Å². The summed E-state index contributed by atoms with van der Waals surface area (Å²) in [6.45, 7) is 8.01. The maximum Gasteiger partial charge on any atom is 0.312 e. The zero-order chi connectivity index (χ0) is 24.0. The molecule has 0 radical (unpaired) electrons. The minimum absolute atomic E-state index is 0.00989. The minimum Gasteiger partial charge on any atom is -0.466 e. The molecule has 3 heterocycles. The third kappa shape index (κ3) is 3.73. The van der Waals surface area contributed by atoms with Gasteiger partial charge in [0, 0.05) is 18.8 Å². The van der Waals surface area contributed by atoms with Crippen LogP contribution in [-0.2, 0) is 23.9 Å². The molecule has 4 rings (SSSR count). The number of esters is 1. The summed E-state index contributed by atoms with van der Waals surface area (Å²) in [6, 6.07) is 4.98. The molecule has 0 saturated carbocycles. The van der Waals surface area contributed by atoms with E-state index in [0.29, 0.717) is 37.9 Å². The smallest absolute Gasteiger partial charge is 0.312 e. The predicted octanol–water partition coefficient (Wildman–Crippen LogP) is 2.34. The molecule has 33 heavy (non-hydrogen) atoms. The van der Waals surface area contributed by atoms with E-state index in [9.17, 15) is 19.5 Å². The molecule has 1 spiro atoms. The fourth-order valence-corrected chi connectivity index (χ4v) is 6.02. The van der Waals surface area contributed by atoms with Crippen molar-refractivity contribution in [2.45, 2.75) is 70.6 Å². The number of likely N-dealkylation sites (tertiary alicyclic amines) is 1. The van der Waals surface area contributed by atoms with Crippen molar-refractivity contribution >= 4 is 23.5 Å². The van der Waals surface area contributed by atoms with Gasteiger partial charge < -0.3 is 24.8 Å². The van der Waals surface area contributed by atoms with Crippen LogP contribution < -0.4 is 5.32 Å². The van der Waals surface area contributed by atoms with E-state index in [1.807, 2.05) is 39.0 Å². The van der Waals surface area contributed by atoms with Crippen LogP contribution in [0.2, 0.25) is 0 Å². The molecule has 2 unspecified atom stereocenters. The van der Waals surface area contributed by atoms with Gasteiger partial charge in [-0.25, -0.2) is 0 Å². The number of benzene rings is 1. The van der Waals surface area contributed by atoms with E-state index in [1.54, 1.807) is 11.8 Å². The van der Waals surface area contributed by atoms with Crippen molar-refractivity contribution < 1.29 is 29.0 Å². The van der Waals surface area contributed by atoms with Crippen LogP contribution in [0.3, 0.4) is 0 Å². The summed E-state index contributed by atoms with van der Waals surface area (Å²) in [4.78, 5) is 42.0. The summed E-state index contributed by atoms with van der Waals surface area (Å²) in [5.74, 6) is -2.48. The standard InChI is InChI=1S/C25H34N2O6/c1-5-32-23(31)19-18-22(30)27(12-6-7-13-28)20(25(18)11-10-24(19,4)33-25)21(29)26-17-14-15(2)8-9-16(17)3/h8-9,14,18-20,28H,5-7,10-13H2,1-4H3,(H,26,29)/t18-,19-,20?,24+,25?/m0/s1. The molecule has 1 aromatic rings. The second-order valence-corrected chi connectivity index (χ2v) is 9.75. The first-order valence-corrected chi connectivity index (χ1v) is 11.8. The van der Waals surface area contributed by atoms with Crippen molar-refractivity contribution in [3.63, 3.8) is 0 Å². The van der Waals surface area contributed by atoms with E-state index in [-0.39, 0.29) is 25.0 Å². The number of hydrogen-bond acceptors (Lipinski definition) is 6. The zero-order valence-electron chi connectivity index (χ0n) is 19.8. The molecule has 8 nitrogen and oxygen atoms in total. The summed E-state index contributed by atoms with van der Waals surface area (Å²) in [7, 11) is 0. The molecule has 2 N–H and O–H groups in total. The van der Waals surface area contributed by atoms with Crippen LogP contribution in [0.15, 0.2) is 18.2 Å². The van der Waals surface area contributed by atoms with Gasteiger partial charge in [0.05, 0.1) is 18.1 Å². The number of nitrogens with zero attached hydrogens (tertiary/aromatic N) is 1. The van der Waals surface area contributed by atoms with Crippen molar-refractivity contribution in [3.05, 3.63) is 29.3 Å². The fourth-order valence-electron chi connectivity index (χ4n) is 6.02. The zero-order valence-corrected chi connectivity index (χ0v) is 19.8. The van der Waals surface area contributed by atoms with Crippen molar-refractivity contribution in [3.8, 4) is 0 Å². The topological polar surface area (TPSA) is 105 Å². The highest BCUT2D eigenvalue weighted by Crippen LogP contribution is 2.63. The second-order valence-electron chi connectivity index (χ2n) is 9.75. The molecular weight excluding hydrogens is 424 g/mol. The third-order valence-electron chi connectivity index (χ3n) is 7.52. The summed E-state index contributed by atoms with van der Waals surface area (Å²) in [5, 5.41) is 12.3. The van der Waals surface area contributed by atoms with Crippen LogP contribution in [0, 0.1) is 25.7 Å². The molecule has 8 heteroatoms. The molecule has 5 atom stereocenters. The van der Waals surface area contributed by atoms with Gasteiger partial charge in [-0.15, -0.1) is 0 Å². The predicted molar refractivity (Wildman–Crippen MR) is 121 cm³/mol. The molecule has 3 fully saturated rings. The van der Waals surface area contributed by atoms with Gasteiger partial charge in [0.1, 0.15) is 17.6 Å². The average Bonchev–Trinajstić information content (AvgIpc) is 3.32. The average molecular weight is 459 g/mol. The largest absolute Gasteiger partial charge is 0.466 e. The maximum absolute atomic E-state index is 13.7. The summed E-state index contributed by atoms with van der Waals surface area (Å²) < 4.78 is 11.8. The number of nitrogens with one attached hydrogen (secondary N) is 1. The molecule has 0 aliphatic carbocycles. The Hall–Kier alpha value is -2.45. The van der Waals surface area contributed by atoms with E-state index in [1.165, 1.54) is 0 Å². The van der Waals surface area contributed by atoms with E-state index in [0.717, 1.165) is 11.1 Å². The number of aliphatic hydroxyl groups excluding tert-OH is 1. The number of unbranched alkanes of at least 4 members (excludes halogenated alkanes) is 1. The van der Waals surface area contributed by atoms with E-state index in [4.69, 9.17) is 9.47 Å². The second kappa shape index (κ2) is 8.72. The lowest BCUT2D eigenvalue weighted by Crippen LogP contribution is -2.53. The minimum atomic E-state index is -1.07. The van der Waals surface area contributed by atoms with Crippen molar-refractivity contribution in [2.75, 3.05) is 25.1 Å². The van der Waals surface area contributed by atoms with Crippen molar-refractivity contribution in [1.82, 2.24) is 4.90 Å². The molecule has 3 aliphatic rings. The van der Waals surface area contributed by atoms with Crippen LogP contribution in [0.4, 0.5) is 5.69 Å². The van der Waals surface area contributed by atoms with Gasteiger partial charge in [-0.1, -0.05) is 12.1 Å². The number of amides is 2. The van der Waals surface area contributed by atoms with E-state index >= 15 is 0 Å². The number of fused-ring (bicyclic) bond motifs is 1. The van der Waals surface area contributed by atoms with Crippen LogP contribution in [-0.4, -0.2) is 64.8 Å². The first kappa shape index (κ1) is 23.7. The molecule has 1 aromatic carbocycles. The van der Waals surface area contributed by atoms with Gasteiger partial charge in [0.25, 0.3) is 0 Å². The number of carbonyl (C=O) groups is 3. The molecule has 2 bridgehead atoms. The normalized spacial score (nSPS) is 32.2. The number of aliphatic hydroxyl groups is 1. The Morgan fingerprint density at radius 1 is 1.27 bits per heavy atom. The maximum atomic E-state index is 13.7. The number of ether oxygens (including phenoxy) is 2. The quantitative estimate of drug-likeness (QED) is 0.458. The molecular formula is C25H34N2O6. The Morgan fingerprint density at radius 2 is 2.03 bits per heavy atom.